The van der Waals surface area contributed by atoms with Crippen LogP contribution in [0.5, 0.6) is 0 Å². The summed E-state index contributed by atoms with van der Waals surface area (Å²) in [6, 6.07) is 5.10. The van der Waals surface area contributed by atoms with Crippen LogP contribution in [0, 0.1) is 0 Å². The first-order valence-corrected chi connectivity index (χ1v) is 9.97. The highest BCUT2D eigenvalue weighted by Gasteiger charge is 2.34. The number of rotatable bonds is 5. The average molecular weight is 420 g/mol. The fraction of sp³-hybridized carbons (Fsp3) is 0.267. The predicted octanol–water partition coefficient (Wildman–Crippen LogP) is 3.29. The number of nitrogens with one attached hydrogen (secondary N) is 1. The third-order valence-corrected chi connectivity index (χ3v) is 4.87. The van der Waals surface area contributed by atoms with Crippen molar-refractivity contribution in [3.8, 4) is 0 Å². The summed E-state index contributed by atoms with van der Waals surface area (Å²) in [5.41, 5.74) is 0.0251. The standard InChI is InChI=1S/C15H13ClF3N5O2S/c1-27(25,26)6-5-24-12-4-2-3-11(9(12)7-21-24)22-14-20-8-10(13(16)23-14)15(17,18)19/h2-4,7-8H,5-6H2,1H3,(H,20,22,23). The van der Waals surface area contributed by atoms with Gasteiger partial charge in [-0.2, -0.15) is 18.3 Å². The van der Waals surface area contributed by atoms with Crippen molar-refractivity contribution in [3.63, 3.8) is 0 Å². The first-order chi connectivity index (χ1) is 12.5. The lowest BCUT2D eigenvalue weighted by Gasteiger charge is -2.10. The van der Waals surface area contributed by atoms with Gasteiger partial charge in [0.1, 0.15) is 20.6 Å². The number of hydrogen-bond donors (Lipinski definition) is 1. The number of sulfone groups is 1. The van der Waals surface area contributed by atoms with E-state index in [0.717, 1.165) is 6.26 Å². The topological polar surface area (TPSA) is 89.8 Å². The van der Waals surface area contributed by atoms with Crippen molar-refractivity contribution in [1.82, 2.24) is 19.7 Å². The van der Waals surface area contributed by atoms with E-state index >= 15 is 0 Å². The van der Waals surface area contributed by atoms with E-state index in [-0.39, 0.29) is 18.2 Å². The molecule has 7 nitrogen and oxygen atoms in total. The van der Waals surface area contributed by atoms with E-state index in [2.05, 4.69) is 20.4 Å². The van der Waals surface area contributed by atoms with Crippen LogP contribution in [0.2, 0.25) is 5.15 Å². The van der Waals surface area contributed by atoms with E-state index in [1.54, 1.807) is 18.2 Å². The second-order valence-corrected chi connectivity index (χ2v) is 8.37. The summed E-state index contributed by atoms with van der Waals surface area (Å²) in [7, 11) is -3.15. The molecule has 0 amide bonds. The largest absolute Gasteiger partial charge is 0.420 e. The van der Waals surface area contributed by atoms with Gasteiger partial charge in [-0.1, -0.05) is 17.7 Å². The van der Waals surface area contributed by atoms with Crippen molar-refractivity contribution in [3.05, 3.63) is 41.3 Å². The van der Waals surface area contributed by atoms with E-state index in [4.69, 9.17) is 11.6 Å². The Morgan fingerprint density at radius 1 is 1.26 bits per heavy atom. The molecule has 12 heteroatoms. The third-order valence-electron chi connectivity index (χ3n) is 3.66. The fourth-order valence-corrected chi connectivity index (χ4v) is 3.12. The van der Waals surface area contributed by atoms with Crippen LogP contribution < -0.4 is 5.32 Å². The summed E-state index contributed by atoms with van der Waals surface area (Å²) in [5.74, 6) is -0.177. The van der Waals surface area contributed by atoms with Gasteiger partial charge < -0.3 is 5.32 Å². The second-order valence-electron chi connectivity index (χ2n) is 5.76. The molecule has 0 aliphatic rings. The second kappa shape index (κ2) is 6.97. The van der Waals surface area contributed by atoms with Crippen molar-refractivity contribution >= 4 is 44.0 Å². The Bertz CT molecular complexity index is 1100. The maximum absolute atomic E-state index is 12.7. The molecule has 0 aliphatic carbocycles. The molecule has 2 heterocycles. The number of aryl methyl sites for hydroxylation is 1. The van der Waals surface area contributed by atoms with Gasteiger partial charge in [0.15, 0.2) is 0 Å². The van der Waals surface area contributed by atoms with Gasteiger partial charge in [-0.15, -0.1) is 0 Å². The molecule has 2 aromatic heterocycles. The Morgan fingerprint density at radius 3 is 2.63 bits per heavy atom. The average Bonchev–Trinajstić information content (AvgIpc) is 2.95. The van der Waals surface area contributed by atoms with Crippen LogP contribution in [0.4, 0.5) is 24.8 Å². The SMILES string of the molecule is CS(=O)(=O)CCn1ncc2c(Nc3ncc(C(F)(F)F)c(Cl)n3)cccc21. The summed E-state index contributed by atoms with van der Waals surface area (Å²) < 4.78 is 62.4. The minimum absolute atomic E-state index is 0.0704. The van der Waals surface area contributed by atoms with Crippen LogP contribution in [0.1, 0.15) is 5.56 Å². The Hall–Kier alpha value is -2.40. The molecule has 0 spiro atoms. The third kappa shape index (κ3) is 4.48. The smallest absolute Gasteiger partial charge is 0.323 e. The van der Waals surface area contributed by atoms with Gasteiger partial charge in [-0.3, -0.25) is 4.68 Å². The van der Waals surface area contributed by atoms with Crippen molar-refractivity contribution in [2.45, 2.75) is 12.7 Å². The van der Waals surface area contributed by atoms with Gasteiger partial charge in [0.2, 0.25) is 5.95 Å². The van der Waals surface area contributed by atoms with Crippen LogP contribution >= 0.6 is 11.6 Å². The highest BCUT2D eigenvalue weighted by Crippen LogP contribution is 2.34. The highest BCUT2D eigenvalue weighted by atomic mass is 35.5. The maximum Gasteiger partial charge on any atom is 0.420 e. The van der Waals surface area contributed by atoms with E-state index in [0.29, 0.717) is 22.8 Å². The van der Waals surface area contributed by atoms with Crippen LogP contribution in [0.25, 0.3) is 10.9 Å². The molecule has 0 fully saturated rings. The van der Waals surface area contributed by atoms with Gasteiger partial charge in [0.05, 0.1) is 29.7 Å². The maximum atomic E-state index is 12.7. The van der Waals surface area contributed by atoms with E-state index in [9.17, 15) is 21.6 Å². The molecule has 0 saturated carbocycles. The summed E-state index contributed by atoms with van der Waals surface area (Å²) in [6.07, 6.45) is -1.38. The summed E-state index contributed by atoms with van der Waals surface area (Å²) in [6.45, 7) is 0.175. The molecule has 0 unspecified atom stereocenters. The van der Waals surface area contributed by atoms with Crippen molar-refractivity contribution in [1.29, 1.82) is 0 Å². The van der Waals surface area contributed by atoms with Crippen LogP contribution in [-0.4, -0.2) is 40.2 Å². The van der Waals surface area contributed by atoms with Crippen molar-refractivity contribution < 1.29 is 21.6 Å². The number of alkyl halides is 3. The Labute approximate surface area is 157 Å². The monoisotopic (exact) mass is 419 g/mol. The fourth-order valence-electron chi connectivity index (χ4n) is 2.37. The molecule has 0 radical (unpaired) electrons. The predicted molar refractivity (Wildman–Crippen MR) is 94.8 cm³/mol. The van der Waals surface area contributed by atoms with Gasteiger partial charge in [-0.05, 0) is 12.1 Å². The zero-order valence-corrected chi connectivity index (χ0v) is 15.4. The minimum atomic E-state index is -4.64. The molecule has 0 bridgehead atoms. The normalized spacial score (nSPS) is 12.5. The number of halogens is 4. The van der Waals surface area contributed by atoms with Gasteiger partial charge >= 0.3 is 6.18 Å². The molecule has 1 N–H and O–H groups in total. The Kier molecular flexibility index (Phi) is 5.00. The molecule has 0 saturated heterocycles. The quantitative estimate of drug-likeness (QED) is 0.638. The molecule has 0 atom stereocenters. The lowest BCUT2D eigenvalue weighted by Crippen LogP contribution is -2.12. The number of aromatic nitrogens is 4. The zero-order valence-electron chi connectivity index (χ0n) is 13.8. The molecule has 0 aliphatic heterocycles. The number of hydrogen-bond acceptors (Lipinski definition) is 6. The molecule has 144 valence electrons. The number of nitrogens with zero attached hydrogens (tertiary/aromatic N) is 4. The minimum Gasteiger partial charge on any atom is -0.323 e. The molecular formula is C15H13ClF3N5O2S. The van der Waals surface area contributed by atoms with E-state index < -0.39 is 26.7 Å². The summed E-state index contributed by atoms with van der Waals surface area (Å²) in [4.78, 5) is 7.28. The number of benzene rings is 1. The molecule has 3 aromatic rings. The lowest BCUT2D eigenvalue weighted by molar-refractivity contribution is -0.137. The molecule has 3 rings (SSSR count). The van der Waals surface area contributed by atoms with E-state index in [1.807, 2.05) is 0 Å². The highest BCUT2D eigenvalue weighted by molar-refractivity contribution is 7.90. The molecule has 27 heavy (non-hydrogen) atoms. The number of fused-ring (bicyclic) bond motifs is 1. The molecular weight excluding hydrogens is 407 g/mol. The van der Waals surface area contributed by atoms with Crippen molar-refractivity contribution in [2.24, 2.45) is 0 Å². The summed E-state index contributed by atoms with van der Waals surface area (Å²) in [5, 5.41) is 6.89. The summed E-state index contributed by atoms with van der Waals surface area (Å²) >= 11 is 5.60. The van der Waals surface area contributed by atoms with Gasteiger partial charge in [0.25, 0.3) is 0 Å². The van der Waals surface area contributed by atoms with Crippen LogP contribution in [0.3, 0.4) is 0 Å². The number of anilines is 2. The Balaban J connectivity index is 1.90. The van der Waals surface area contributed by atoms with Crippen LogP contribution in [0.15, 0.2) is 30.6 Å². The Morgan fingerprint density at radius 2 is 2.00 bits per heavy atom. The van der Waals surface area contributed by atoms with Crippen molar-refractivity contribution in [2.75, 3.05) is 17.3 Å². The molecule has 1 aromatic carbocycles. The lowest BCUT2D eigenvalue weighted by atomic mass is 10.2. The van der Waals surface area contributed by atoms with E-state index in [1.165, 1.54) is 10.9 Å². The van der Waals surface area contributed by atoms with Gasteiger partial charge in [-0.25, -0.2) is 18.4 Å². The van der Waals surface area contributed by atoms with Crippen LogP contribution in [-0.2, 0) is 22.6 Å². The first kappa shape index (κ1) is 19.4. The van der Waals surface area contributed by atoms with Gasteiger partial charge in [0, 0.05) is 17.8 Å². The zero-order chi connectivity index (χ0) is 19.8. The first-order valence-electron chi connectivity index (χ1n) is 7.53.